The molecule has 1 amide bonds. The predicted octanol–water partition coefficient (Wildman–Crippen LogP) is 5.00. The van der Waals surface area contributed by atoms with Crippen molar-refractivity contribution in [1.29, 1.82) is 0 Å². The number of carbonyl (C=O) groups is 1. The highest BCUT2D eigenvalue weighted by Gasteiger charge is 2.05. The Hall–Kier alpha value is 0.170. The Morgan fingerprint density at radius 3 is 2.18 bits per heavy atom. The summed E-state index contributed by atoms with van der Waals surface area (Å²) in [7, 11) is 2.83. The maximum absolute atomic E-state index is 11.2. The lowest BCUT2D eigenvalue weighted by Crippen LogP contribution is -2.22. The van der Waals surface area contributed by atoms with Gasteiger partial charge in [-0.1, -0.05) is 52.4 Å². The van der Waals surface area contributed by atoms with E-state index < -0.39 is 0 Å². The highest BCUT2D eigenvalue weighted by atomic mass is 33.1. The SMILES string of the molecule is CC(C)CCCCCCCCN(C)C(=O)SS. The van der Waals surface area contributed by atoms with Gasteiger partial charge in [-0.25, -0.2) is 0 Å². The Balaban J connectivity index is 3.21. The Labute approximate surface area is 116 Å². The molecule has 0 N–H and O–H groups in total. The Morgan fingerprint density at radius 2 is 1.65 bits per heavy atom. The van der Waals surface area contributed by atoms with E-state index in [0.717, 1.165) is 29.7 Å². The summed E-state index contributed by atoms with van der Waals surface area (Å²) in [5, 5.41) is 0.0465. The molecule has 0 aliphatic rings. The van der Waals surface area contributed by atoms with Crippen LogP contribution in [-0.2, 0) is 0 Å². The minimum Gasteiger partial charge on any atom is -0.336 e. The normalized spacial score (nSPS) is 10.9. The molecule has 0 aromatic heterocycles. The van der Waals surface area contributed by atoms with E-state index >= 15 is 0 Å². The van der Waals surface area contributed by atoms with Crippen LogP contribution in [0.15, 0.2) is 0 Å². The second kappa shape index (κ2) is 11.3. The van der Waals surface area contributed by atoms with Crippen LogP contribution in [0.25, 0.3) is 0 Å². The Morgan fingerprint density at radius 1 is 1.12 bits per heavy atom. The molecule has 0 fully saturated rings. The fourth-order valence-electron chi connectivity index (χ4n) is 1.77. The summed E-state index contributed by atoms with van der Waals surface area (Å²) in [5.74, 6) is 0.841. The first-order chi connectivity index (χ1) is 8.07. The lowest BCUT2D eigenvalue weighted by molar-refractivity contribution is 0.232. The van der Waals surface area contributed by atoms with Gasteiger partial charge in [-0.3, -0.25) is 4.79 Å². The topological polar surface area (TPSA) is 20.3 Å². The molecular formula is C13H27NOS2. The standard InChI is InChI=1S/C13H27NOS2/c1-12(2)10-8-6-4-5-7-9-11-14(3)13(15)17-16/h12,16H,4-11H2,1-3H3. The van der Waals surface area contributed by atoms with Gasteiger partial charge in [-0.05, 0) is 12.3 Å². The average molecular weight is 277 g/mol. The van der Waals surface area contributed by atoms with E-state index in [-0.39, 0.29) is 5.24 Å². The third-order valence-corrected chi connectivity index (χ3v) is 3.85. The number of amides is 1. The number of unbranched alkanes of at least 4 members (excludes halogenated alkanes) is 5. The fourth-order valence-corrected chi connectivity index (χ4v) is 2.42. The van der Waals surface area contributed by atoms with Crippen LogP contribution in [0.4, 0.5) is 4.79 Å². The van der Waals surface area contributed by atoms with Gasteiger partial charge in [0, 0.05) is 24.4 Å². The third kappa shape index (κ3) is 11.0. The fraction of sp³-hybridized carbons (Fsp3) is 0.923. The molecule has 0 heterocycles. The zero-order valence-electron chi connectivity index (χ0n) is 11.4. The van der Waals surface area contributed by atoms with Crippen LogP contribution in [0.3, 0.4) is 0 Å². The summed E-state index contributed by atoms with van der Waals surface area (Å²) in [6.45, 7) is 5.43. The monoisotopic (exact) mass is 277 g/mol. The van der Waals surface area contributed by atoms with Gasteiger partial charge in [-0.2, -0.15) is 0 Å². The average Bonchev–Trinajstić information content (AvgIpc) is 2.30. The van der Waals surface area contributed by atoms with Crippen molar-refractivity contribution in [2.45, 2.75) is 58.8 Å². The number of nitrogens with zero attached hydrogens (tertiary/aromatic N) is 1. The number of rotatable bonds is 9. The largest absolute Gasteiger partial charge is 0.336 e. The van der Waals surface area contributed by atoms with E-state index in [9.17, 15) is 4.79 Å². The van der Waals surface area contributed by atoms with Crippen LogP contribution in [0.2, 0.25) is 0 Å². The minimum atomic E-state index is 0.0465. The zero-order chi connectivity index (χ0) is 13.1. The number of hydrogen-bond donors (Lipinski definition) is 1. The minimum absolute atomic E-state index is 0.0465. The van der Waals surface area contributed by atoms with Crippen LogP contribution in [0.1, 0.15) is 58.8 Å². The van der Waals surface area contributed by atoms with Gasteiger partial charge in [0.2, 0.25) is 0 Å². The van der Waals surface area contributed by atoms with Gasteiger partial charge in [0.25, 0.3) is 5.24 Å². The van der Waals surface area contributed by atoms with Crippen LogP contribution in [-0.4, -0.2) is 23.7 Å². The van der Waals surface area contributed by atoms with Crippen molar-refractivity contribution in [1.82, 2.24) is 4.90 Å². The molecule has 0 aromatic rings. The predicted molar refractivity (Wildman–Crippen MR) is 81.8 cm³/mol. The van der Waals surface area contributed by atoms with Crippen LogP contribution in [0.5, 0.6) is 0 Å². The van der Waals surface area contributed by atoms with E-state index in [1.807, 2.05) is 7.05 Å². The molecule has 4 heteroatoms. The highest BCUT2D eigenvalue weighted by Crippen LogP contribution is 2.13. The van der Waals surface area contributed by atoms with Crippen molar-refractivity contribution >= 4 is 27.7 Å². The molecule has 0 bridgehead atoms. The maximum atomic E-state index is 11.2. The summed E-state index contributed by atoms with van der Waals surface area (Å²) in [4.78, 5) is 12.9. The quantitative estimate of drug-likeness (QED) is 0.363. The van der Waals surface area contributed by atoms with Crippen molar-refractivity contribution < 1.29 is 4.79 Å². The van der Waals surface area contributed by atoms with Crippen LogP contribution >= 0.6 is 22.5 Å². The summed E-state index contributed by atoms with van der Waals surface area (Å²) < 4.78 is 0. The molecule has 0 radical (unpaired) electrons. The Bertz CT molecular complexity index is 198. The van der Waals surface area contributed by atoms with E-state index in [0.29, 0.717) is 0 Å². The van der Waals surface area contributed by atoms with E-state index in [1.54, 1.807) is 4.90 Å². The molecule has 0 aromatic carbocycles. The molecular weight excluding hydrogens is 250 g/mol. The molecule has 17 heavy (non-hydrogen) atoms. The first-order valence-corrected chi connectivity index (χ1v) is 8.51. The first kappa shape index (κ1) is 17.2. The van der Waals surface area contributed by atoms with Gasteiger partial charge in [0.15, 0.2) is 0 Å². The summed E-state index contributed by atoms with van der Waals surface area (Å²) >= 11 is 3.90. The molecule has 0 saturated heterocycles. The van der Waals surface area contributed by atoms with Crippen molar-refractivity contribution in [3.8, 4) is 0 Å². The highest BCUT2D eigenvalue weighted by molar-refractivity contribution is 8.74. The summed E-state index contributed by atoms with van der Waals surface area (Å²) in [6.07, 6.45) is 9.07. The molecule has 0 saturated carbocycles. The van der Waals surface area contributed by atoms with Crippen molar-refractivity contribution in [2.24, 2.45) is 5.92 Å². The van der Waals surface area contributed by atoms with E-state index in [4.69, 9.17) is 0 Å². The molecule has 2 nitrogen and oxygen atoms in total. The molecule has 102 valence electrons. The van der Waals surface area contributed by atoms with Crippen LogP contribution in [0, 0.1) is 5.92 Å². The number of thiol groups is 1. The zero-order valence-corrected chi connectivity index (χ0v) is 13.2. The molecule has 0 atom stereocenters. The second-order valence-electron chi connectivity index (χ2n) is 5.08. The molecule has 0 spiro atoms. The number of hydrogen-bond acceptors (Lipinski definition) is 3. The van der Waals surface area contributed by atoms with Crippen molar-refractivity contribution in [3.63, 3.8) is 0 Å². The van der Waals surface area contributed by atoms with Gasteiger partial charge < -0.3 is 4.90 Å². The Kier molecular flexibility index (Phi) is 11.4. The van der Waals surface area contributed by atoms with Gasteiger partial charge >= 0.3 is 0 Å². The second-order valence-corrected chi connectivity index (χ2v) is 6.16. The molecule has 0 aliphatic heterocycles. The summed E-state index contributed by atoms with van der Waals surface area (Å²) in [5.41, 5.74) is 0. The van der Waals surface area contributed by atoms with Gasteiger partial charge in [0.05, 0.1) is 0 Å². The maximum Gasteiger partial charge on any atom is 0.291 e. The number of carbonyl (C=O) groups excluding carboxylic acids is 1. The first-order valence-electron chi connectivity index (χ1n) is 6.64. The smallest absolute Gasteiger partial charge is 0.291 e. The van der Waals surface area contributed by atoms with E-state index in [2.05, 4.69) is 25.5 Å². The van der Waals surface area contributed by atoms with Crippen molar-refractivity contribution in [2.75, 3.05) is 13.6 Å². The van der Waals surface area contributed by atoms with Crippen LogP contribution < -0.4 is 0 Å². The van der Waals surface area contributed by atoms with E-state index in [1.165, 1.54) is 38.5 Å². The molecule has 0 rings (SSSR count). The van der Waals surface area contributed by atoms with Gasteiger partial charge in [0.1, 0.15) is 0 Å². The summed E-state index contributed by atoms with van der Waals surface area (Å²) in [6, 6.07) is 0. The van der Waals surface area contributed by atoms with Crippen molar-refractivity contribution in [3.05, 3.63) is 0 Å². The third-order valence-electron chi connectivity index (χ3n) is 2.91. The molecule has 0 unspecified atom stereocenters. The lowest BCUT2D eigenvalue weighted by Gasteiger charge is -2.14. The lowest BCUT2D eigenvalue weighted by atomic mass is 10.0. The van der Waals surface area contributed by atoms with Gasteiger partial charge in [-0.15, -0.1) is 11.7 Å². The molecule has 0 aliphatic carbocycles.